The molecule has 0 amide bonds. The highest BCUT2D eigenvalue weighted by molar-refractivity contribution is 5.07. The molecular weight excluding hydrogens is 208 g/mol. The van der Waals surface area contributed by atoms with Crippen LogP contribution in [-0.2, 0) is 0 Å². The van der Waals surface area contributed by atoms with E-state index >= 15 is 0 Å². The van der Waals surface area contributed by atoms with Crippen molar-refractivity contribution < 1.29 is 5.11 Å². The van der Waals surface area contributed by atoms with Crippen molar-refractivity contribution in [2.24, 2.45) is 17.8 Å². The van der Waals surface area contributed by atoms with Crippen LogP contribution >= 0.6 is 0 Å². The van der Waals surface area contributed by atoms with E-state index in [9.17, 15) is 5.11 Å². The SMILES string of the molecule is CC1=CC(C)CC(C(O)C2CCCCCC2)C1. The predicted molar refractivity (Wildman–Crippen MR) is 72.8 cm³/mol. The van der Waals surface area contributed by atoms with Gasteiger partial charge in [0.25, 0.3) is 0 Å². The van der Waals surface area contributed by atoms with Crippen LogP contribution in [0.1, 0.15) is 65.2 Å². The Labute approximate surface area is 106 Å². The van der Waals surface area contributed by atoms with Crippen LogP contribution in [0.4, 0.5) is 0 Å². The van der Waals surface area contributed by atoms with Gasteiger partial charge in [-0.15, -0.1) is 0 Å². The van der Waals surface area contributed by atoms with Gasteiger partial charge in [0.1, 0.15) is 0 Å². The second-order valence-corrected chi connectivity index (χ2v) is 6.43. The molecule has 2 aliphatic carbocycles. The fraction of sp³-hybridized carbons (Fsp3) is 0.875. The molecule has 0 aliphatic heterocycles. The number of aliphatic hydroxyl groups is 1. The molecule has 1 heteroatoms. The van der Waals surface area contributed by atoms with Crippen molar-refractivity contribution in [1.82, 2.24) is 0 Å². The first-order valence-electron chi connectivity index (χ1n) is 7.52. The summed E-state index contributed by atoms with van der Waals surface area (Å²) in [6, 6.07) is 0. The molecule has 1 N–H and O–H groups in total. The van der Waals surface area contributed by atoms with Crippen molar-refractivity contribution in [3.63, 3.8) is 0 Å². The summed E-state index contributed by atoms with van der Waals surface area (Å²) in [5.41, 5.74) is 1.49. The van der Waals surface area contributed by atoms with Crippen LogP contribution in [0.3, 0.4) is 0 Å². The molecule has 3 unspecified atom stereocenters. The standard InChI is InChI=1S/C16H28O/c1-12-9-13(2)11-15(10-12)16(17)14-7-5-3-4-6-8-14/h9,12,14-17H,3-8,10-11H2,1-2H3. The van der Waals surface area contributed by atoms with Crippen LogP contribution in [0, 0.1) is 17.8 Å². The maximum Gasteiger partial charge on any atom is 0.0599 e. The molecule has 0 radical (unpaired) electrons. The van der Waals surface area contributed by atoms with E-state index in [0.717, 1.165) is 6.42 Å². The average Bonchev–Trinajstić information content (AvgIpc) is 2.55. The van der Waals surface area contributed by atoms with Crippen molar-refractivity contribution in [3.8, 4) is 0 Å². The Morgan fingerprint density at radius 3 is 2.35 bits per heavy atom. The van der Waals surface area contributed by atoms with Gasteiger partial charge in [0.15, 0.2) is 0 Å². The molecule has 0 aromatic heterocycles. The Morgan fingerprint density at radius 1 is 1.12 bits per heavy atom. The third-order valence-corrected chi connectivity index (χ3v) is 4.69. The van der Waals surface area contributed by atoms with Gasteiger partial charge in [-0.2, -0.15) is 0 Å². The molecule has 17 heavy (non-hydrogen) atoms. The molecule has 1 nitrogen and oxygen atoms in total. The third-order valence-electron chi connectivity index (χ3n) is 4.69. The fourth-order valence-electron chi connectivity index (χ4n) is 3.89. The molecule has 1 saturated carbocycles. The maximum atomic E-state index is 10.6. The van der Waals surface area contributed by atoms with Crippen LogP contribution in [0.5, 0.6) is 0 Å². The van der Waals surface area contributed by atoms with Crippen molar-refractivity contribution in [1.29, 1.82) is 0 Å². The molecular formula is C16H28O. The van der Waals surface area contributed by atoms with Gasteiger partial charge in [0.2, 0.25) is 0 Å². The Kier molecular flexibility index (Phi) is 4.67. The smallest absolute Gasteiger partial charge is 0.0599 e. The van der Waals surface area contributed by atoms with Crippen molar-refractivity contribution in [3.05, 3.63) is 11.6 Å². The largest absolute Gasteiger partial charge is 0.393 e. The zero-order chi connectivity index (χ0) is 12.3. The monoisotopic (exact) mass is 236 g/mol. The summed E-state index contributed by atoms with van der Waals surface area (Å²) in [5.74, 6) is 1.77. The summed E-state index contributed by atoms with van der Waals surface area (Å²) in [5, 5.41) is 10.6. The summed E-state index contributed by atoms with van der Waals surface area (Å²) in [7, 11) is 0. The number of rotatable bonds is 2. The quantitative estimate of drug-likeness (QED) is 0.559. The predicted octanol–water partition coefficient (Wildman–Crippen LogP) is 4.31. The molecule has 0 spiro atoms. The first-order valence-corrected chi connectivity index (χ1v) is 7.52. The molecule has 0 aromatic carbocycles. The number of hydrogen-bond acceptors (Lipinski definition) is 1. The van der Waals surface area contributed by atoms with Gasteiger partial charge in [-0.25, -0.2) is 0 Å². The van der Waals surface area contributed by atoms with E-state index in [1.54, 1.807) is 0 Å². The summed E-state index contributed by atoms with van der Waals surface area (Å²) < 4.78 is 0. The Morgan fingerprint density at radius 2 is 1.76 bits per heavy atom. The van der Waals surface area contributed by atoms with E-state index in [-0.39, 0.29) is 6.10 Å². The van der Waals surface area contributed by atoms with Gasteiger partial charge in [-0.3, -0.25) is 0 Å². The zero-order valence-electron chi connectivity index (χ0n) is 11.5. The molecule has 1 fully saturated rings. The lowest BCUT2D eigenvalue weighted by Crippen LogP contribution is -2.32. The van der Waals surface area contributed by atoms with Crippen molar-refractivity contribution >= 4 is 0 Å². The summed E-state index contributed by atoms with van der Waals surface area (Å²) in [4.78, 5) is 0. The maximum absolute atomic E-state index is 10.6. The Hall–Kier alpha value is -0.300. The average molecular weight is 236 g/mol. The second-order valence-electron chi connectivity index (χ2n) is 6.43. The number of aliphatic hydroxyl groups excluding tert-OH is 1. The van der Waals surface area contributed by atoms with E-state index in [0.29, 0.717) is 17.8 Å². The van der Waals surface area contributed by atoms with Gasteiger partial charge in [-0.05, 0) is 50.4 Å². The summed E-state index contributed by atoms with van der Waals surface area (Å²) >= 11 is 0. The van der Waals surface area contributed by atoms with Gasteiger partial charge < -0.3 is 5.11 Å². The second kappa shape index (κ2) is 6.04. The molecule has 3 atom stereocenters. The molecule has 0 saturated heterocycles. The first-order chi connectivity index (χ1) is 8.16. The van der Waals surface area contributed by atoms with E-state index in [1.807, 2.05) is 0 Å². The third kappa shape index (κ3) is 3.58. The summed E-state index contributed by atoms with van der Waals surface area (Å²) in [6.07, 6.45) is 12.6. The molecule has 0 bridgehead atoms. The van der Waals surface area contributed by atoms with Crippen molar-refractivity contribution in [2.45, 2.75) is 71.3 Å². The topological polar surface area (TPSA) is 20.2 Å². The highest BCUT2D eigenvalue weighted by Crippen LogP contribution is 2.36. The van der Waals surface area contributed by atoms with Gasteiger partial charge in [-0.1, -0.05) is 44.3 Å². The minimum Gasteiger partial charge on any atom is -0.393 e. The van der Waals surface area contributed by atoms with Crippen LogP contribution in [0.15, 0.2) is 11.6 Å². The van der Waals surface area contributed by atoms with E-state index in [4.69, 9.17) is 0 Å². The van der Waals surface area contributed by atoms with Gasteiger partial charge in [0.05, 0.1) is 6.10 Å². The normalized spacial score (nSPS) is 33.9. The lowest BCUT2D eigenvalue weighted by atomic mass is 9.75. The van der Waals surface area contributed by atoms with Gasteiger partial charge in [0, 0.05) is 0 Å². The lowest BCUT2D eigenvalue weighted by Gasteiger charge is -2.33. The Balaban J connectivity index is 1.94. The fourth-order valence-corrected chi connectivity index (χ4v) is 3.89. The van der Waals surface area contributed by atoms with Crippen LogP contribution < -0.4 is 0 Å². The van der Waals surface area contributed by atoms with Crippen molar-refractivity contribution in [2.75, 3.05) is 0 Å². The van der Waals surface area contributed by atoms with E-state index in [2.05, 4.69) is 19.9 Å². The number of hydrogen-bond donors (Lipinski definition) is 1. The van der Waals surface area contributed by atoms with E-state index < -0.39 is 0 Å². The van der Waals surface area contributed by atoms with Crippen LogP contribution in [-0.4, -0.2) is 11.2 Å². The van der Waals surface area contributed by atoms with Crippen LogP contribution in [0.25, 0.3) is 0 Å². The molecule has 2 aliphatic rings. The van der Waals surface area contributed by atoms with E-state index in [1.165, 1.54) is 50.5 Å². The molecule has 0 aromatic rings. The van der Waals surface area contributed by atoms with Crippen LogP contribution in [0.2, 0.25) is 0 Å². The minimum atomic E-state index is -0.0424. The Bertz CT molecular complexity index is 261. The highest BCUT2D eigenvalue weighted by atomic mass is 16.3. The number of allylic oxidation sites excluding steroid dienone is 2. The molecule has 98 valence electrons. The zero-order valence-corrected chi connectivity index (χ0v) is 11.5. The molecule has 2 rings (SSSR count). The van der Waals surface area contributed by atoms with Gasteiger partial charge >= 0.3 is 0 Å². The summed E-state index contributed by atoms with van der Waals surface area (Å²) in [6.45, 7) is 4.51. The highest BCUT2D eigenvalue weighted by Gasteiger charge is 2.30. The minimum absolute atomic E-state index is 0.0424. The molecule has 0 heterocycles. The first kappa shape index (κ1) is 13.1. The lowest BCUT2D eigenvalue weighted by molar-refractivity contribution is 0.0330.